The zero-order valence-electron chi connectivity index (χ0n) is 23.5. The summed E-state index contributed by atoms with van der Waals surface area (Å²) in [6.45, 7) is 2.46. The first kappa shape index (κ1) is 32.1. The predicted molar refractivity (Wildman–Crippen MR) is 146 cm³/mol. The van der Waals surface area contributed by atoms with Crippen LogP contribution in [0.1, 0.15) is 60.6 Å². The van der Waals surface area contributed by atoms with Crippen LogP contribution in [0, 0.1) is 5.92 Å². The Morgan fingerprint density at radius 3 is 2.00 bits per heavy atom. The summed E-state index contributed by atoms with van der Waals surface area (Å²) in [4.78, 5) is 27.4. The van der Waals surface area contributed by atoms with E-state index in [9.17, 15) is 35.9 Å². The van der Waals surface area contributed by atoms with Crippen LogP contribution >= 0.6 is 0 Å². The summed E-state index contributed by atoms with van der Waals surface area (Å²) in [7, 11) is 0. The maximum absolute atomic E-state index is 13.6. The number of carbonyl (C=O) groups is 2. The minimum Gasteiger partial charge on any atom is -0.445 e. The van der Waals surface area contributed by atoms with Gasteiger partial charge in [0.25, 0.3) is 0 Å². The molecule has 0 bridgehead atoms. The average molecular weight is 608 g/mol. The molecular formula is C32H31F6NO4. The minimum atomic E-state index is -5.01. The van der Waals surface area contributed by atoms with Crippen LogP contribution in [-0.2, 0) is 38.8 Å². The highest BCUT2D eigenvalue weighted by atomic mass is 19.4. The zero-order chi connectivity index (χ0) is 31.4. The van der Waals surface area contributed by atoms with Gasteiger partial charge in [-0.1, -0.05) is 60.7 Å². The quantitative estimate of drug-likeness (QED) is 0.242. The molecule has 0 spiro atoms. The van der Waals surface area contributed by atoms with Gasteiger partial charge in [0, 0.05) is 12.5 Å². The Morgan fingerprint density at radius 2 is 1.47 bits per heavy atom. The topological polar surface area (TPSA) is 55.8 Å². The largest absolute Gasteiger partial charge is 0.445 e. The van der Waals surface area contributed by atoms with E-state index in [0.29, 0.717) is 24.1 Å². The molecule has 0 N–H and O–H groups in total. The second-order valence-electron chi connectivity index (χ2n) is 10.7. The zero-order valence-corrected chi connectivity index (χ0v) is 23.5. The molecule has 43 heavy (non-hydrogen) atoms. The summed E-state index contributed by atoms with van der Waals surface area (Å²) in [6, 6.07) is 19.0. The number of amides is 1. The summed E-state index contributed by atoms with van der Waals surface area (Å²) in [5.41, 5.74) is -3.07. The van der Waals surface area contributed by atoms with Crippen LogP contribution in [0.25, 0.3) is 0 Å². The predicted octanol–water partition coefficient (Wildman–Crippen LogP) is 8.34. The Labute approximate surface area is 245 Å². The van der Waals surface area contributed by atoms with Crippen LogP contribution in [0.2, 0.25) is 0 Å². The number of piperidine rings is 1. The van der Waals surface area contributed by atoms with Crippen LogP contribution in [0.15, 0.2) is 78.9 Å². The van der Waals surface area contributed by atoms with E-state index in [0.717, 1.165) is 5.56 Å². The van der Waals surface area contributed by atoms with Gasteiger partial charge in [0.15, 0.2) is 0 Å². The number of nitrogens with zero attached hydrogens (tertiary/aromatic N) is 1. The lowest BCUT2D eigenvalue weighted by Crippen LogP contribution is -2.58. The molecule has 11 heteroatoms. The molecule has 1 fully saturated rings. The highest BCUT2D eigenvalue weighted by Gasteiger charge is 2.48. The van der Waals surface area contributed by atoms with Crippen molar-refractivity contribution < 1.29 is 45.4 Å². The number of likely N-dealkylation sites (tertiary alicyclic amines) is 1. The molecule has 0 aliphatic carbocycles. The molecule has 1 amide bonds. The Morgan fingerprint density at radius 1 is 0.907 bits per heavy atom. The van der Waals surface area contributed by atoms with Crippen molar-refractivity contribution in [1.82, 2.24) is 4.90 Å². The number of ketones is 1. The molecule has 1 saturated heterocycles. The van der Waals surface area contributed by atoms with Crippen molar-refractivity contribution in [3.8, 4) is 0 Å². The van der Waals surface area contributed by atoms with Gasteiger partial charge in [0.05, 0.1) is 29.4 Å². The molecule has 5 nitrogen and oxygen atoms in total. The van der Waals surface area contributed by atoms with E-state index in [4.69, 9.17) is 9.47 Å². The van der Waals surface area contributed by atoms with Crippen LogP contribution in [0.5, 0.6) is 0 Å². The van der Waals surface area contributed by atoms with Gasteiger partial charge in [-0.3, -0.25) is 9.69 Å². The number of alkyl halides is 6. The molecule has 1 unspecified atom stereocenters. The fourth-order valence-corrected chi connectivity index (χ4v) is 5.27. The van der Waals surface area contributed by atoms with E-state index in [1.165, 1.54) is 18.7 Å². The number of benzene rings is 3. The maximum Gasteiger partial charge on any atom is 0.416 e. The van der Waals surface area contributed by atoms with Gasteiger partial charge in [-0.15, -0.1) is 0 Å². The number of Topliss-reactive ketones (excluding diaryl/α,β-unsaturated/α-hetero) is 1. The number of hydrogen-bond acceptors (Lipinski definition) is 4. The van der Waals surface area contributed by atoms with Crippen LogP contribution in [0.4, 0.5) is 31.1 Å². The normalized spacial score (nSPS) is 20.0. The standard InChI is InChI=1S/C32H31F6NO4/c1-21(40)24-13-14-30(26-11-7-4-8-12-26,39(18-24)29(41)42-19-23-9-5-3-6-10-23)20-43-22(2)25-15-27(31(33,34)35)17-28(16-25)32(36,37)38/h3-12,15-17,22,24H,13-14,18-20H2,1-2H3/t22-,24?,30-/m1/s1. The third-order valence-corrected chi connectivity index (χ3v) is 7.79. The van der Waals surface area contributed by atoms with E-state index in [-0.39, 0.29) is 43.6 Å². The molecule has 1 aliphatic rings. The van der Waals surface area contributed by atoms with Crippen molar-refractivity contribution >= 4 is 11.9 Å². The second-order valence-corrected chi connectivity index (χ2v) is 10.7. The van der Waals surface area contributed by atoms with Gasteiger partial charge < -0.3 is 9.47 Å². The van der Waals surface area contributed by atoms with Crippen molar-refractivity contribution in [2.45, 2.75) is 57.3 Å². The third-order valence-electron chi connectivity index (χ3n) is 7.79. The Hall–Kier alpha value is -3.86. The van der Waals surface area contributed by atoms with Gasteiger partial charge in [-0.25, -0.2) is 4.79 Å². The molecule has 0 radical (unpaired) electrons. The third kappa shape index (κ3) is 7.57. The lowest BCUT2D eigenvalue weighted by molar-refractivity contribution is -0.143. The van der Waals surface area contributed by atoms with E-state index in [2.05, 4.69) is 0 Å². The fourth-order valence-electron chi connectivity index (χ4n) is 5.27. The second kappa shape index (κ2) is 12.8. The van der Waals surface area contributed by atoms with Gasteiger partial charge >= 0.3 is 18.4 Å². The lowest BCUT2D eigenvalue weighted by Gasteiger charge is -2.49. The summed E-state index contributed by atoms with van der Waals surface area (Å²) in [5, 5.41) is 0. The molecule has 3 aromatic carbocycles. The first-order valence-corrected chi connectivity index (χ1v) is 13.7. The van der Waals surface area contributed by atoms with E-state index >= 15 is 0 Å². The first-order valence-electron chi connectivity index (χ1n) is 13.7. The van der Waals surface area contributed by atoms with E-state index in [1.807, 2.05) is 6.07 Å². The van der Waals surface area contributed by atoms with E-state index < -0.39 is 47.1 Å². The van der Waals surface area contributed by atoms with Crippen molar-refractivity contribution in [1.29, 1.82) is 0 Å². The summed E-state index contributed by atoms with van der Waals surface area (Å²) in [6.07, 6.45) is -11.3. The molecule has 1 aliphatic heterocycles. The Bertz CT molecular complexity index is 1380. The van der Waals surface area contributed by atoms with Crippen LogP contribution in [-0.4, -0.2) is 29.9 Å². The molecule has 3 aromatic rings. The minimum absolute atomic E-state index is 0.00261. The number of rotatable bonds is 8. The maximum atomic E-state index is 13.6. The van der Waals surface area contributed by atoms with E-state index in [1.54, 1.807) is 54.6 Å². The summed E-state index contributed by atoms with van der Waals surface area (Å²) in [5.74, 6) is -0.614. The molecule has 0 saturated carbocycles. The molecule has 3 atom stereocenters. The van der Waals surface area contributed by atoms with Gasteiger partial charge in [-0.05, 0) is 61.6 Å². The number of halogens is 6. The molecule has 230 valence electrons. The van der Waals surface area contributed by atoms with Crippen molar-refractivity contribution in [3.05, 3.63) is 107 Å². The highest BCUT2D eigenvalue weighted by molar-refractivity contribution is 5.80. The average Bonchev–Trinajstić information content (AvgIpc) is 2.98. The monoisotopic (exact) mass is 607 g/mol. The van der Waals surface area contributed by atoms with Gasteiger partial charge in [0.2, 0.25) is 0 Å². The molecule has 0 aromatic heterocycles. The summed E-state index contributed by atoms with van der Waals surface area (Å²) >= 11 is 0. The highest BCUT2D eigenvalue weighted by Crippen LogP contribution is 2.43. The molecule has 4 rings (SSSR count). The van der Waals surface area contributed by atoms with Crippen LogP contribution in [0.3, 0.4) is 0 Å². The van der Waals surface area contributed by atoms with Crippen molar-refractivity contribution in [3.63, 3.8) is 0 Å². The fraction of sp³-hybridized carbons (Fsp3) is 0.375. The van der Waals surface area contributed by atoms with Gasteiger partial charge in [-0.2, -0.15) is 26.3 Å². The first-order chi connectivity index (χ1) is 20.2. The smallest absolute Gasteiger partial charge is 0.416 e. The van der Waals surface area contributed by atoms with Crippen molar-refractivity contribution in [2.24, 2.45) is 5.92 Å². The molecule has 1 heterocycles. The molecular weight excluding hydrogens is 576 g/mol. The van der Waals surface area contributed by atoms with Crippen molar-refractivity contribution in [2.75, 3.05) is 13.2 Å². The number of ether oxygens (including phenoxy) is 2. The van der Waals surface area contributed by atoms with Gasteiger partial charge in [0.1, 0.15) is 12.4 Å². The lowest BCUT2D eigenvalue weighted by atomic mass is 9.77. The van der Waals surface area contributed by atoms with Crippen LogP contribution < -0.4 is 0 Å². The number of hydrogen-bond donors (Lipinski definition) is 0. The number of carbonyl (C=O) groups excluding carboxylic acids is 2. The Kier molecular flexibility index (Phi) is 9.54. The SMILES string of the molecule is CC(=O)C1CC[C@@](CO[C@H](C)c2cc(C(F)(F)F)cc(C(F)(F)F)c2)(c2ccccc2)N(C(=O)OCc2ccccc2)C1. The Balaban J connectivity index is 1.69. The summed E-state index contributed by atoms with van der Waals surface area (Å²) < 4.78 is 92.7.